The number of aldehydes is 2. The maximum atomic E-state index is 11.5. The maximum Gasteiger partial charge on any atom is 0.143 e. The molecule has 2 atom stereocenters. The molecule has 0 aromatic carbocycles. The highest BCUT2D eigenvalue weighted by Gasteiger charge is 2.18. The van der Waals surface area contributed by atoms with Gasteiger partial charge in [0.05, 0.1) is 11.8 Å². The fourth-order valence-electron chi connectivity index (χ4n) is 1.61. The molecule has 4 nitrogen and oxygen atoms in total. The summed E-state index contributed by atoms with van der Waals surface area (Å²) >= 11 is 0. The number of carbonyl (C=O) groups excluding carboxylic acids is 4. The quantitative estimate of drug-likeness (QED) is 0.431. The number of rotatable bonds is 10. The third-order valence-electron chi connectivity index (χ3n) is 2.88. The highest BCUT2D eigenvalue weighted by molar-refractivity contribution is 5.95. The van der Waals surface area contributed by atoms with Crippen molar-refractivity contribution in [2.24, 2.45) is 11.8 Å². The van der Waals surface area contributed by atoms with E-state index >= 15 is 0 Å². The number of carbonyl (C=O) groups is 4. The Balaban J connectivity index is 3.98. The third kappa shape index (κ3) is 5.52. The second-order valence-electron chi connectivity index (χ2n) is 4.09. The van der Waals surface area contributed by atoms with Crippen molar-refractivity contribution in [1.82, 2.24) is 0 Å². The van der Waals surface area contributed by atoms with E-state index in [0.717, 1.165) is 0 Å². The molecule has 0 heterocycles. The Bertz CT molecular complexity index is 255. The lowest BCUT2D eigenvalue weighted by Gasteiger charge is -2.07. The van der Waals surface area contributed by atoms with Crippen LogP contribution in [-0.4, -0.2) is 24.1 Å². The van der Waals surface area contributed by atoms with Gasteiger partial charge in [-0.1, -0.05) is 13.8 Å². The number of ketones is 2. The minimum absolute atomic E-state index is 0.116. The molecule has 0 saturated heterocycles. The largest absolute Gasteiger partial charge is 0.303 e. The van der Waals surface area contributed by atoms with Gasteiger partial charge in [0.1, 0.15) is 24.1 Å². The van der Waals surface area contributed by atoms with Crippen LogP contribution < -0.4 is 0 Å². The smallest absolute Gasteiger partial charge is 0.143 e. The lowest BCUT2D eigenvalue weighted by Crippen LogP contribution is -2.17. The van der Waals surface area contributed by atoms with Gasteiger partial charge in [0.25, 0.3) is 0 Å². The van der Waals surface area contributed by atoms with Gasteiger partial charge in [-0.05, 0) is 19.3 Å². The van der Waals surface area contributed by atoms with E-state index in [1.165, 1.54) is 0 Å². The predicted molar refractivity (Wildman–Crippen MR) is 63.6 cm³/mol. The molecule has 96 valence electrons. The molecule has 0 saturated carbocycles. The van der Waals surface area contributed by atoms with Crippen molar-refractivity contribution in [1.29, 1.82) is 0 Å². The second kappa shape index (κ2) is 8.79. The number of Topliss-reactive ketones (excluding diaryl/α,β-unsaturated/α-hetero) is 2. The van der Waals surface area contributed by atoms with Gasteiger partial charge in [0.2, 0.25) is 0 Å². The zero-order chi connectivity index (χ0) is 13.3. The minimum atomic E-state index is -0.543. The molecule has 0 spiro atoms. The first-order valence-electron chi connectivity index (χ1n) is 6.06. The first-order valence-corrected chi connectivity index (χ1v) is 6.06. The van der Waals surface area contributed by atoms with Crippen LogP contribution in [0.2, 0.25) is 0 Å². The van der Waals surface area contributed by atoms with Gasteiger partial charge >= 0.3 is 0 Å². The zero-order valence-electron chi connectivity index (χ0n) is 10.5. The van der Waals surface area contributed by atoms with Crippen molar-refractivity contribution in [3.63, 3.8) is 0 Å². The highest BCUT2D eigenvalue weighted by Crippen LogP contribution is 2.11. The fraction of sp³-hybridized carbons (Fsp3) is 0.692. The van der Waals surface area contributed by atoms with Crippen molar-refractivity contribution in [2.45, 2.75) is 46.0 Å². The van der Waals surface area contributed by atoms with Crippen LogP contribution in [0.3, 0.4) is 0 Å². The summed E-state index contributed by atoms with van der Waals surface area (Å²) < 4.78 is 0. The van der Waals surface area contributed by atoms with Crippen molar-refractivity contribution in [3.8, 4) is 0 Å². The molecule has 4 heteroatoms. The van der Waals surface area contributed by atoms with Crippen molar-refractivity contribution in [2.75, 3.05) is 0 Å². The summed E-state index contributed by atoms with van der Waals surface area (Å²) in [6, 6.07) is 0. The molecule has 0 aromatic heterocycles. The van der Waals surface area contributed by atoms with E-state index in [4.69, 9.17) is 0 Å². The maximum absolute atomic E-state index is 11.5. The normalized spacial score (nSPS) is 13.8. The predicted octanol–water partition coefficient (Wildman–Crippen LogP) is 1.75. The van der Waals surface area contributed by atoms with Gasteiger partial charge in [-0.25, -0.2) is 0 Å². The van der Waals surface area contributed by atoms with Gasteiger partial charge in [-0.2, -0.15) is 0 Å². The Morgan fingerprint density at radius 1 is 0.882 bits per heavy atom. The SMILES string of the molecule is CCC(C=O)C(=O)CCCC(=O)C(C=O)CC. The molecule has 17 heavy (non-hydrogen) atoms. The van der Waals surface area contributed by atoms with E-state index in [0.29, 0.717) is 31.8 Å². The molecule has 0 aliphatic rings. The summed E-state index contributed by atoms with van der Waals surface area (Å²) in [5.41, 5.74) is 0. The molecular formula is C13H20O4. The van der Waals surface area contributed by atoms with Crippen molar-refractivity contribution >= 4 is 24.1 Å². The minimum Gasteiger partial charge on any atom is -0.303 e. The molecule has 0 aromatic rings. The van der Waals surface area contributed by atoms with E-state index in [1.807, 2.05) is 0 Å². The average molecular weight is 240 g/mol. The van der Waals surface area contributed by atoms with Crippen LogP contribution in [0.1, 0.15) is 46.0 Å². The van der Waals surface area contributed by atoms with Crippen LogP contribution in [0.4, 0.5) is 0 Å². The van der Waals surface area contributed by atoms with Crippen LogP contribution in [-0.2, 0) is 19.2 Å². The van der Waals surface area contributed by atoms with E-state index in [9.17, 15) is 19.2 Å². The van der Waals surface area contributed by atoms with Crippen molar-refractivity contribution in [3.05, 3.63) is 0 Å². The lowest BCUT2D eigenvalue weighted by molar-refractivity contribution is -0.127. The first-order chi connectivity index (χ1) is 8.10. The van der Waals surface area contributed by atoms with E-state index in [1.54, 1.807) is 13.8 Å². The third-order valence-corrected chi connectivity index (χ3v) is 2.88. The summed E-state index contributed by atoms with van der Waals surface area (Å²) in [6.07, 6.45) is 3.21. The Labute approximate surface area is 102 Å². The molecular weight excluding hydrogens is 220 g/mol. The van der Waals surface area contributed by atoms with Gasteiger partial charge in [0.15, 0.2) is 0 Å². The molecule has 0 amide bonds. The van der Waals surface area contributed by atoms with Gasteiger partial charge in [-0.15, -0.1) is 0 Å². The number of hydrogen-bond donors (Lipinski definition) is 0. The summed E-state index contributed by atoms with van der Waals surface area (Å²) in [4.78, 5) is 44.1. The zero-order valence-corrected chi connectivity index (χ0v) is 10.5. The molecule has 0 bridgehead atoms. The molecule has 0 radical (unpaired) electrons. The highest BCUT2D eigenvalue weighted by atomic mass is 16.1. The van der Waals surface area contributed by atoms with Gasteiger partial charge in [0, 0.05) is 12.8 Å². The van der Waals surface area contributed by atoms with Crippen LogP contribution in [0, 0.1) is 11.8 Å². The van der Waals surface area contributed by atoms with Gasteiger partial charge < -0.3 is 9.59 Å². The van der Waals surface area contributed by atoms with E-state index < -0.39 is 11.8 Å². The van der Waals surface area contributed by atoms with Crippen molar-refractivity contribution < 1.29 is 19.2 Å². The van der Waals surface area contributed by atoms with Crippen LogP contribution >= 0.6 is 0 Å². The molecule has 0 aliphatic carbocycles. The summed E-state index contributed by atoms with van der Waals surface area (Å²) in [6.45, 7) is 3.56. The fourth-order valence-corrected chi connectivity index (χ4v) is 1.61. The molecule has 0 rings (SSSR count). The van der Waals surface area contributed by atoms with E-state index in [2.05, 4.69) is 0 Å². The van der Waals surface area contributed by atoms with Crippen LogP contribution in [0.15, 0.2) is 0 Å². The number of hydrogen-bond acceptors (Lipinski definition) is 4. The first kappa shape index (κ1) is 15.7. The van der Waals surface area contributed by atoms with Gasteiger partial charge in [-0.3, -0.25) is 9.59 Å². The summed E-state index contributed by atoms with van der Waals surface area (Å²) in [7, 11) is 0. The molecule has 0 aliphatic heterocycles. The standard InChI is InChI=1S/C13H20O4/c1-3-10(8-14)12(16)6-5-7-13(17)11(4-2)9-15/h8-11H,3-7H2,1-2H3. The Kier molecular flexibility index (Phi) is 8.11. The molecule has 0 N–H and O–H groups in total. The lowest BCUT2D eigenvalue weighted by atomic mass is 9.95. The monoisotopic (exact) mass is 240 g/mol. The Hall–Kier alpha value is -1.32. The van der Waals surface area contributed by atoms with Crippen LogP contribution in [0.5, 0.6) is 0 Å². The second-order valence-corrected chi connectivity index (χ2v) is 4.09. The summed E-state index contributed by atoms with van der Waals surface area (Å²) in [5, 5.41) is 0. The Morgan fingerprint density at radius 3 is 1.47 bits per heavy atom. The molecule has 0 fully saturated rings. The average Bonchev–Trinajstić information content (AvgIpc) is 2.32. The topological polar surface area (TPSA) is 68.3 Å². The summed E-state index contributed by atoms with van der Waals surface area (Å²) in [5.74, 6) is -1.32. The van der Waals surface area contributed by atoms with Crippen LogP contribution in [0.25, 0.3) is 0 Å². The van der Waals surface area contributed by atoms with E-state index in [-0.39, 0.29) is 24.4 Å². The molecule has 2 unspecified atom stereocenters. The Morgan fingerprint density at radius 2 is 1.24 bits per heavy atom.